The molecule has 0 N–H and O–H groups in total. The van der Waals surface area contributed by atoms with E-state index in [9.17, 15) is 0 Å². The second-order valence-electron chi connectivity index (χ2n) is 3.97. The summed E-state index contributed by atoms with van der Waals surface area (Å²) in [5.74, 6) is 0.610. The zero-order chi connectivity index (χ0) is 13.0. The fraction of sp³-hybridized carbons (Fsp3) is 0.200. The minimum atomic E-state index is 0.610. The van der Waals surface area contributed by atoms with Crippen LogP contribution in [-0.4, -0.2) is 5.88 Å². The zero-order valence-corrected chi connectivity index (χ0v) is 13.3. The third kappa shape index (κ3) is 3.25. The Morgan fingerprint density at radius 3 is 2.72 bits per heavy atom. The highest BCUT2D eigenvalue weighted by atomic mass is 79.9. The fourth-order valence-electron chi connectivity index (χ4n) is 1.67. The highest BCUT2D eigenvalue weighted by molar-refractivity contribution is 9.10. The van der Waals surface area contributed by atoms with Gasteiger partial charge in [-0.15, -0.1) is 22.9 Å². The third-order valence-electron chi connectivity index (χ3n) is 2.74. The van der Waals surface area contributed by atoms with Crippen LogP contribution in [0.3, 0.4) is 0 Å². The maximum absolute atomic E-state index is 5.90. The van der Waals surface area contributed by atoms with Gasteiger partial charge in [-0.25, -0.2) is 0 Å². The van der Waals surface area contributed by atoms with Crippen LogP contribution in [0.5, 0.6) is 0 Å². The average Bonchev–Trinajstić information content (AvgIpc) is 2.85. The summed E-state index contributed by atoms with van der Waals surface area (Å²) in [5.41, 5.74) is 2.52. The van der Waals surface area contributed by atoms with Crippen molar-refractivity contribution in [2.45, 2.75) is 13.3 Å². The number of rotatable bonds is 4. The minimum absolute atomic E-state index is 0.610. The molecule has 0 saturated carbocycles. The molecule has 0 atom stereocenters. The maximum Gasteiger partial charge on any atom is 0.0437 e. The predicted octanol–water partition coefficient (Wildman–Crippen LogP) is 6.21. The molecule has 0 nitrogen and oxygen atoms in total. The molecule has 0 aliphatic heterocycles. The van der Waals surface area contributed by atoms with Crippen LogP contribution in [0.4, 0.5) is 0 Å². The highest BCUT2D eigenvalue weighted by Gasteiger charge is 2.05. The lowest BCUT2D eigenvalue weighted by Crippen LogP contribution is -1.79. The van der Waals surface area contributed by atoms with Crippen LogP contribution in [0.25, 0.3) is 16.5 Å². The second-order valence-corrected chi connectivity index (χ2v) is 6.21. The van der Waals surface area contributed by atoms with Gasteiger partial charge in [0.05, 0.1) is 0 Å². The molecular weight excluding hydrogens is 328 g/mol. The Morgan fingerprint density at radius 2 is 2.06 bits per heavy atom. The van der Waals surface area contributed by atoms with Gasteiger partial charge >= 0.3 is 0 Å². The molecule has 0 unspecified atom stereocenters. The number of hydrogen-bond acceptors (Lipinski definition) is 1. The van der Waals surface area contributed by atoms with Gasteiger partial charge in [-0.1, -0.05) is 46.6 Å². The van der Waals surface area contributed by atoms with E-state index in [-0.39, 0.29) is 0 Å². The van der Waals surface area contributed by atoms with Gasteiger partial charge in [0.25, 0.3) is 0 Å². The largest absolute Gasteiger partial charge is 0.136 e. The first-order valence-corrected chi connectivity index (χ1v) is 7.99. The molecule has 0 aliphatic rings. The Morgan fingerprint density at radius 1 is 1.28 bits per heavy atom. The summed E-state index contributed by atoms with van der Waals surface area (Å²) < 4.78 is 1.13. The monoisotopic (exact) mass is 340 g/mol. The van der Waals surface area contributed by atoms with Gasteiger partial charge in [-0.05, 0) is 30.7 Å². The van der Waals surface area contributed by atoms with E-state index in [2.05, 4.69) is 59.3 Å². The lowest BCUT2D eigenvalue weighted by molar-refractivity contribution is 1.12. The summed E-state index contributed by atoms with van der Waals surface area (Å²) in [5, 5.41) is 0. The van der Waals surface area contributed by atoms with Crippen molar-refractivity contribution in [2.75, 3.05) is 5.88 Å². The van der Waals surface area contributed by atoms with Crippen molar-refractivity contribution in [1.82, 2.24) is 0 Å². The van der Waals surface area contributed by atoms with Crippen molar-refractivity contribution in [3.05, 3.63) is 51.3 Å². The standard InChI is InChI=1S/C15H14BrClS/c1-2-11(10-17)9-12-7-8-15(18-12)13-5-3-4-6-14(13)16/h3-9H,2,10H2,1H3. The van der Waals surface area contributed by atoms with Gasteiger partial charge in [0, 0.05) is 25.7 Å². The second kappa shape index (κ2) is 6.55. The predicted molar refractivity (Wildman–Crippen MR) is 86.4 cm³/mol. The average molecular weight is 342 g/mol. The molecule has 0 fully saturated rings. The van der Waals surface area contributed by atoms with Gasteiger partial charge in [0.1, 0.15) is 0 Å². The van der Waals surface area contributed by atoms with E-state index in [1.165, 1.54) is 20.9 Å². The maximum atomic E-state index is 5.90. The molecule has 0 spiro atoms. The van der Waals surface area contributed by atoms with Crippen LogP contribution in [0.15, 0.2) is 46.4 Å². The minimum Gasteiger partial charge on any atom is -0.136 e. The lowest BCUT2D eigenvalue weighted by atomic mass is 10.2. The molecule has 18 heavy (non-hydrogen) atoms. The number of thiophene rings is 1. The quantitative estimate of drug-likeness (QED) is 0.580. The molecule has 0 amide bonds. The topological polar surface area (TPSA) is 0 Å². The van der Waals surface area contributed by atoms with Gasteiger partial charge in [0.15, 0.2) is 0 Å². The first-order chi connectivity index (χ1) is 8.74. The van der Waals surface area contributed by atoms with E-state index in [4.69, 9.17) is 11.6 Å². The molecule has 94 valence electrons. The van der Waals surface area contributed by atoms with E-state index in [1.54, 1.807) is 11.3 Å². The van der Waals surface area contributed by atoms with Crippen molar-refractivity contribution < 1.29 is 0 Å². The molecule has 3 heteroatoms. The van der Waals surface area contributed by atoms with E-state index in [1.807, 2.05) is 6.07 Å². The molecule has 0 saturated heterocycles. The summed E-state index contributed by atoms with van der Waals surface area (Å²) >= 11 is 11.3. The molecular formula is C15H14BrClS. The Bertz CT molecular complexity index is 551. The lowest BCUT2D eigenvalue weighted by Gasteiger charge is -2.00. The molecule has 1 heterocycles. The Hall–Kier alpha value is -0.570. The normalized spacial score (nSPS) is 11.8. The van der Waals surface area contributed by atoms with Crippen LogP contribution < -0.4 is 0 Å². The zero-order valence-electron chi connectivity index (χ0n) is 10.1. The van der Waals surface area contributed by atoms with Crippen molar-refractivity contribution in [1.29, 1.82) is 0 Å². The fourth-order valence-corrected chi connectivity index (χ4v) is 3.61. The van der Waals surface area contributed by atoms with Crippen molar-refractivity contribution in [3.63, 3.8) is 0 Å². The van der Waals surface area contributed by atoms with E-state index < -0.39 is 0 Å². The number of hydrogen-bond donors (Lipinski definition) is 0. The molecule has 2 aromatic rings. The number of alkyl halides is 1. The van der Waals surface area contributed by atoms with E-state index in [0.29, 0.717) is 5.88 Å². The molecule has 1 aromatic heterocycles. The molecule has 0 aliphatic carbocycles. The van der Waals surface area contributed by atoms with Crippen molar-refractivity contribution >= 4 is 44.9 Å². The summed E-state index contributed by atoms with van der Waals surface area (Å²) in [6, 6.07) is 12.6. The number of allylic oxidation sites excluding steroid dienone is 1. The van der Waals surface area contributed by atoms with Crippen LogP contribution in [0.2, 0.25) is 0 Å². The Balaban J connectivity index is 2.32. The number of benzene rings is 1. The summed E-state index contributed by atoms with van der Waals surface area (Å²) in [4.78, 5) is 2.54. The SMILES string of the molecule is CCC(=Cc1ccc(-c2ccccc2Br)s1)CCl. The van der Waals surface area contributed by atoms with Crippen LogP contribution >= 0.6 is 38.9 Å². The first-order valence-electron chi connectivity index (χ1n) is 5.84. The summed E-state index contributed by atoms with van der Waals surface area (Å²) in [7, 11) is 0. The number of halogens is 2. The first kappa shape index (κ1) is 13.9. The van der Waals surface area contributed by atoms with Gasteiger partial charge in [-0.3, -0.25) is 0 Å². The Kier molecular flexibility index (Phi) is 5.04. The van der Waals surface area contributed by atoms with Crippen molar-refractivity contribution in [3.8, 4) is 10.4 Å². The van der Waals surface area contributed by atoms with Gasteiger partial charge < -0.3 is 0 Å². The van der Waals surface area contributed by atoms with Crippen LogP contribution in [-0.2, 0) is 0 Å². The molecule has 1 aromatic carbocycles. The van der Waals surface area contributed by atoms with E-state index >= 15 is 0 Å². The van der Waals surface area contributed by atoms with Crippen molar-refractivity contribution in [2.24, 2.45) is 0 Å². The summed E-state index contributed by atoms with van der Waals surface area (Å²) in [6.45, 7) is 2.14. The van der Waals surface area contributed by atoms with Crippen LogP contribution in [0, 0.1) is 0 Å². The van der Waals surface area contributed by atoms with Crippen LogP contribution in [0.1, 0.15) is 18.2 Å². The van der Waals surface area contributed by atoms with Gasteiger partial charge in [-0.2, -0.15) is 0 Å². The molecule has 2 rings (SSSR count). The molecule has 0 bridgehead atoms. The highest BCUT2D eigenvalue weighted by Crippen LogP contribution is 2.34. The third-order valence-corrected chi connectivity index (χ3v) is 4.84. The van der Waals surface area contributed by atoms with E-state index in [0.717, 1.165) is 10.9 Å². The Labute approximate surface area is 125 Å². The molecule has 0 radical (unpaired) electrons. The smallest absolute Gasteiger partial charge is 0.0437 e. The van der Waals surface area contributed by atoms with Gasteiger partial charge in [0.2, 0.25) is 0 Å². The summed E-state index contributed by atoms with van der Waals surface area (Å²) in [6.07, 6.45) is 3.20.